The maximum Gasteiger partial charge on any atom is 0.258 e. The Morgan fingerprint density at radius 3 is 2.50 bits per heavy atom. The van der Waals surface area contributed by atoms with E-state index in [1.54, 1.807) is 6.20 Å². The highest BCUT2D eigenvalue weighted by molar-refractivity contribution is 7.92. The fourth-order valence-electron chi connectivity index (χ4n) is 3.66. The van der Waals surface area contributed by atoms with E-state index < -0.39 is 32.3 Å². The van der Waals surface area contributed by atoms with Gasteiger partial charge in [0.05, 0.1) is 17.1 Å². The van der Waals surface area contributed by atoms with Gasteiger partial charge in [-0.25, -0.2) is 22.8 Å². The molecule has 2 aromatic rings. The van der Waals surface area contributed by atoms with E-state index in [4.69, 9.17) is 4.74 Å². The van der Waals surface area contributed by atoms with Crippen LogP contribution < -0.4 is 9.64 Å². The number of anilines is 1. The number of nitrogens with zero attached hydrogens (tertiary/aromatic N) is 3. The molecule has 32 heavy (non-hydrogen) atoms. The Labute approximate surface area is 190 Å². The quantitative estimate of drug-likeness (QED) is 0.607. The van der Waals surface area contributed by atoms with Crippen LogP contribution in [0.5, 0.6) is 5.88 Å². The second-order valence-electron chi connectivity index (χ2n) is 9.19. The number of piperidine rings is 1. The predicted molar refractivity (Wildman–Crippen MR) is 126 cm³/mol. The van der Waals surface area contributed by atoms with Gasteiger partial charge in [0.25, 0.3) is 5.88 Å². The topological polar surface area (TPSA) is 72.4 Å². The van der Waals surface area contributed by atoms with Gasteiger partial charge in [-0.3, -0.25) is 0 Å². The third kappa shape index (κ3) is 6.76. The summed E-state index contributed by atoms with van der Waals surface area (Å²) in [4.78, 5) is 11.0. The van der Waals surface area contributed by atoms with E-state index in [0.717, 1.165) is 11.3 Å². The lowest BCUT2D eigenvalue weighted by Gasteiger charge is -2.34. The van der Waals surface area contributed by atoms with Crippen LogP contribution in [0.3, 0.4) is 0 Å². The number of hydrogen-bond donors (Lipinski definition) is 0. The molecule has 2 heterocycles. The molecule has 0 atom stereocenters. The fraction of sp³-hybridized carbons (Fsp3) is 0.500. The van der Waals surface area contributed by atoms with Crippen LogP contribution in [0.4, 0.5) is 10.2 Å². The van der Waals surface area contributed by atoms with Crippen LogP contribution in [-0.4, -0.2) is 48.1 Å². The van der Waals surface area contributed by atoms with Crippen molar-refractivity contribution in [3.63, 3.8) is 0 Å². The number of sulfone groups is 1. The third-order valence-corrected chi connectivity index (χ3v) is 7.40. The monoisotopic (exact) mass is 461 g/mol. The van der Waals surface area contributed by atoms with Crippen molar-refractivity contribution in [2.75, 3.05) is 23.7 Å². The first kappa shape index (κ1) is 24.2. The average molecular weight is 462 g/mol. The number of allylic oxidation sites excluding steroid dienone is 1. The average Bonchev–Trinajstić information content (AvgIpc) is 2.73. The summed E-state index contributed by atoms with van der Waals surface area (Å²) in [7, 11) is -3.58. The Hall–Kier alpha value is -2.48. The summed E-state index contributed by atoms with van der Waals surface area (Å²) < 4.78 is 45.9. The first-order valence-electron chi connectivity index (χ1n) is 10.9. The highest BCUT2D eigenvalue weighted by Gasteiger charge is 2.32. The highest BCUT2D eigenvalue weighted by atomic mass is 32.2. The van der Waals surface area contributed by atoms with Crippen LogP contribution in [0.1, 0.15) is 44.9 Å². The number of aryl methyl sites for hydroxylation is 1. The van der Waals surface area contributed by atoms with E-state index >= 15 is 0 Å². The second kappa shape index (κ2) is 9.98. The number of aromatic nitrogens is 2. The molecule has 0 spiro atoms. The van der Waals surface area contributed by atoms with Crippen molar-refractivity contribution in [2.45, 2.75) is 57.8 Å². The Morgan fingerprint density at radius 2 is 1.88 bits per heavy atom. The molecule has 1 aliphatic heterocycles. The molecule has 6 nitrogen and oxygen atoms in total. The number of rotatable bonds is 7. The standard InChI is InChI=1S/C24H32FN3O3S/c1-18-16-26-23(31-24(2,3)4)22(27-18)28-14-12-21(13-15-28)32(29,30)17-20(25)11-10-19-8-6-5-7-9-19/h5-9,11,16,21H,10,12-15,17H2,1-4H3. The maximum absolute atomic E-state index is 14.4. The van der Waals surface area contributed by atoms with Gasteiger partial charge in [0.15, 0.2) is 15.7 Å². The summed E-state index contributed by atoms with van der Waals surface area (Å²) in [6.07, 6.45) is 4.23. The minimum absolute atomic E-state index is 0.378. The molecule has 1 saturated heterocycles. The van der Waals surface area contributed by atoms with Crippen LogP contribution in [0.25, 0.3) is 0 Å². The number of ether oxygens (including phenoxy) is 1. The molecule has 8 heteroatoms. The van der Waals surface area contributed by atoms with Gasteiger partial charge in [-0.2, -0.15) is 0 Å². The molecule has 0 aliphatic carbocycles. The van der Waals surface area contributed by atoms with E-state index in [2.05, 4.69) is 9.97 Å². The van der Waals surface area contributed by atoms with Gasteiger partial charge >= 0.3 is 0 Å². The molecule has 1 aliphatic rings. The van der Waals surface area contributed by atoms with Crippen molar-refractivity contribution >= 4 is 15.7 Å². The van der Waals surface area contributed by atoms with Crippen LogP contribution in [0, 0.1) is 6.92 Å². The summed E-state index contributed by atoms with van der Waals surface area (Å²) >= 11 is 0. The summed E-state index contributed by atoms with van der Waals surface area (Å²) in [5.41, 5.74) is 1.28. The molecule has 0 bridgehead atoms. The Kier molecular flexibility index (Phi) is 7.54. The third-order valence-electron chi connectivity index (χ3n) is 5.24. The van der Waals surface area contributed by atoms with E-state index in [9.17, 15) is 12.8 Å². The smallest absolute Gasteiger partial charge is 0.258 e. The molecule has 1 fully saturated rings. The van der Waals surface area contributed by atoms with E-state index in [1.807, 2.05) is 62.9 Å². The van der Waals surface area contributed by atoms with Crippen molar-refractivity contribution < 1.29 is 17.5 Å². The van der Waals surface area contributed by atoms with E-state index in [0.29, 0.717) is 44.0 Å². The minimum atomic E-state index is -3.58. The van der Waals surface area contributed by atoms with Gasteiger partial charge in [-0.15, -0.1) is 0 Å². The van der Waals surface area contributed by atoms with Gasteiger partial charge in [0, 0.05) is 13.1 Å². The molecule has 1 aromatic carbocycles. The zero-order chi connectivity index (χ0) is 23.4. The molecule has 0 saturated carbocycles. The first-order chi connectivity index (χ1) is 15.0. The number of halogens is 1. The van der Waals surface area contributed by atoms with Gasteiger partial charge < -0.3 is 9.64 Å². The highest BCUT2D eigenvalue weighted by Crippen LogP contribution is 2.31. The summed E-state index contributed by atoms with van der Waals surface area (Å²) in [5, 5.41) is -0.570. The van der Waals surface area contributed by atoms with Crippen LogP contribution in [0.15, 0.2) is 48.4 Å². The molecule has 0 radical (unpaired) electrons. The normalized spacial score (nSPS) is 16.3. The largest absolute Gasteiger partial charge is 0.469 e. The Balaban J connectivity index is 1.63. The Morgan fingerprint density at radius 1 is 1.22 bits per heavy atom. The first-order valence-corrected chi connectivity index (χ1v) is 12.6. The molecule has 0 amide bonds. The molecular weight excluding hydrogens is 429 g/mol. The lowest BCUT2D eigenvalue weighted by Crippen LogP contribution is -2.41. The minimum Gasteiger partial charge on any atom is -0.469 e. The SMILES string of the molecule is Cc1cnc(OC(C)(C)C)c(N2CCC(S(=O)(=O)CC(F)=CCc3ccccc3)CC2)n1. The number of hydrogen-bond acceptors (Lipinski definition) is 6. The van der Waals surface area contributed by atoms with Gasteiger partial charge in [-0.1, -0.05) is 30.3 Å². The van der Waals surface area contributed by atoms with Gasteiger partial charge in [0.2, 0.25) is 0 Å². The molecule has 0 unspecified atom stereocenters. The molecule has 3 rings (SSSR count). The lowest BCUT2D eigenvalue weighted by molar-refractivity contribution is 0.124. The van der Waals surface area contributed by atoms with Crippen LogP contribution >= 0.6 is 0 Å². The van der Waals surface area contributed by atoms with Crippen LogP contribution in [0.2, 0.25) is 0 Å². The van der Waals surface area contributed by atoms with Crippen molar-refractivity contribution in [3.05, 3.63) is 59.7 Å². The molecule has 1 aromatic heterocycles. The molecular formula is C24H32FN3O3S. The van der Waals surface area contributed by atoms with Crippen molar-refractivity contribution in [3.8, 4) is 5.88 Å². The van der Waals surface area contributed by atoms with E-state index in [-0.39, 0.29) is 0 Å². The zero-order valence-corrected chi connectivity index (χ0v) is 20.0. The zero-order valence-electron chi connectivity index (χ0n) is 19.2. The second-order valence-corrected chi connectivity index (χ2v) is 11.5. The van der Waals surface area contributed by atoms with Crippen LogP contribution in [-0.2, 0) is 16.3 Å². The number of benzene rings is 1. The van der Waals surface area contributed by atoms with Crippen molar-refractivity contribution in [2.24, 2.45) is 0 Å². The van der Waals surface area contributed by atoms with Gasteiger partial charge in [0.1, 0.15) is 17.2 Å². The van der Waals surface area contributed by atoms with E-state index in [1.165, 1.54) is 6.08 Å². The summed E-state index contributed by atoms with van der Waals surface area (Å²) in [6.45, 7) is 8.68. The maximum atomic E-state index is 14.4. The predicted octanol–water partition coefficient (Wildman–Crippen LogP) is 4.44. The molecule has 174 valence electrons. The summed E-state index contributed by atoms with van der Waals surface area (Å²) in [5.74, 6) is -0.0710. The Bertz CT molecular complexity index is 1040. The van der Waals surface area contributed by atoms with Crippen molar-refractivity contribution in [1.82, 2.24) is 9.97 Å². The lowest BCUT2D eigenvalue weighted by atomic mass is 10.1. The molecule has 0 N–H and O–H groups in total. The fourth-order valence-corrected chi connectivity index (χ4v) is 5.33. The van der Waals surface area contributed by atoms with Gasteiger partial charge in [-0.05, 0) is 58.6 Å². The van der Waals surface area contributed by atoms with Crippen molar-refractivity contribution in [1.29, 1.82) is 0 Å². The summed E-state index contributed by atoms with van der Waals surface area (Å²) in [6, 6.07) is 9.42.